The number of hydrogen-bond donors (Lipinski definition) is 2. The first-order chi connectivity index (χ1) is 11.2. The third-order valence-corrected chi connectivity index (χ3v) is 3.14. The van der Waals surface area contributed by atoms with Gasteiger partial charge in [0.25, 0.3) is 5.69 Å². The van der Waals surface area contributed by atoms with Crippen LogP contribution in [0.5, 0.6) is 5.75 Å². The van der Waals surface area contributed by atoms with Crippen molar-refractivity contribution in [1.29, 1.82) is 0 Å². The van der Waals surface area contributed by atoms with Gasteiger partial charge in [0.2, 0.25) is 0 Å². The van der Waals surface area contributed by atoms with Crippen molar-refractivity contribution >= 4 is 29.2 Å². The zero-order valence-corrected chi connectivity index (χ0v) is 12.5. The second-order valence-electron chi connectivity index (χ2n) is 4.56. The van der Waals surface area contributed by atoms with Gasteiger partial charge in [0.05, 0.1) is 16.7 Å². The summed E-state index contributed by atoms with van der Waals surface area (Å²) in [5, 5.41) is 24.5. The average molecular weight is 360 g/mol. The third-order valence-electron chi connectivity index (χ3n) is 2.90. The molecule has 0 aliphatic carbocycles. The predicted octanol–water partition coefficient (Wildman–Crippen LogP) is 4.42. The molecule has 0 heterocycles. The average Bonchev–Trinajstić information content (AvgIpc) is 2.49. The lowest BCUT2D eigenvalue weighted by Crippen LogP contribution is -2.06. The number of aromatic hydroxyl groups is 1. The van der Waals surface area contributed by atoms with Gasteiger partial charge in [0.15, 0.2) is 0 Å². The van der Waals surface area contributed by atoms with Crippen molar-refractivity contribution < 1.29 is 23.2 Å². The lowest BCUT2D eigenvalue weighted by molar-refractivity contribution is -0.384. The first kappa shape index (κ1) is 17.5. The Bertz CT molecular complexity index is 810. The summed E-state index contributed by atoms with van der Waals surface area (Å²) in [6.45, 7) is 0. The van der Waals surface area contributed by atoms with Crippen molar-refractivity contribution in [3.8, 4) is 5.75 Å². The summed E-state index contributed by atoms with van der Waals surface area (Å²) in [6.07, 6.45) is -3.57. The van der Waals surface area contributed by atoms with E-state index in [0.717, 1.165) is 12.3 Å². The van der Waals surface area contributed by atoms with Gasteiger partial charge >= 0.3 is 6.18 Å². The van der Waals surface area contributed by atoms with Gasteiger partial charge in [-0.15, -0.1) is 0 Å². The molecule has 10 heteroatoms. The summed E-state index contributed by atoms with van der Waals surface area (Å²) in [5.41, 5.74) is 0.348. The number of phenolic OH excluding ortho intramolecular Hbond substituents is 1. The lowest BCUT2D eigenvalue weighted by Gasteiger charge is -2.08. The maximum atomic E-state index is 12.6. The smallest absolute Gasteiger partial charge is 0.416 e. The van der Waals surface area contributed by atoms with Crippen molar-refractivity contribution in [2.75, 3.05) is 5.43 Å². The zero-order chi connectivity index (χ0) is 17.9. The van der Waals surface area contributed by atoms with Crippen LogP contribution in [-0.2, 0) is 6.18 Å². The molecule has 2 aromatic rings. The molecule has 0 amide bonds. The van der Waals surface area contributed by atoms with E-state index in [-0.39, 0.29) is 17.0 Å². The minimum atomic E-state index is -4.70. The molecule has 6 nitrogen and oxygen atoms in total. The van der Waals surface area contributed by atoms with Crippen molar-refractivity contribution in [1.82, 2.24) is 0 Å². The van der Waals surface area contributed by atoms with Crippen LogP contribution in [0.3, 0.4) is 0 Å². The fourth-order valence-electron chi connectivity index (χ4n) is 1.75. The highest BCUT2D eigenvalue weighted by atomic mass is 35.5. The Hall–Kier alpha value is -2.81. The number of alkyl halides is 3. The Labute approximate surface area is 138 Å². The number of hydrazone groups is 1. The fourth-order valence-corrected chi connectivity index (χ4v) is 1.93. The number of nitro groups is 1. The van der Waals surface area contributed by atoms with E-state index in [1.807, 2.05) is 0 Å². The van der Waals surface area contributed by atoms with Gasteiger partial charge in [-0.25, -0.2) is 0 Å². The molecule has 2 N–H and O–H groups in total. The third kappa shape index (κ3) is 4.13. The summed E-state index contributed by atoms with van der Waals surface area (Å²) in [5.74, 6) is -0.133. The van der Waals surface area contributed by atoms with Crippen LogP contribution in [0.15, 0.2) is 41.5 Å². The molecule has 2 rings (SSSR count). The summed E-state index contributed by atoms with van der Waals surface area (Å²) in [4.78, 5) is 9.97. The van der Waals surface area contributed by atoms with E-state index < -0.39 is 22.4 Å². The van der Waals surface area contributed by atoms with E-state index in [2.05, 4.69) is 10.5 Å². The summed E-state index contributed by atoms with van der Waals surface area (Å²) in [7, 11) is 0. The Morgan fingerprint density at radius 1 is 1.25 bits per heavy atom. The normalized spacial score (nSPS) is 11.7. The second-order valence-corrected chi connectivity index (χ2v) is 5.00. The number of nitro benzene ring substituents is 1. The molecule has 2 aromatic carbocycles. The van der Waals surface area contributed by atoms with Gasteiger partial charge in [-0.1, -0.05) is 11.6 Å². The minimum absolute atomic E-state index is 0.133. The fraction of sp³-hybridized carbons (Fsp3) is 0.0714. The Kier molecular flexibility index (Phi) is 4.93. The van der Waals surface area contributed by atoms with Gasteiger partial charge in [-0.2, -0.15) is 18.3 Å². The molecule has 0 aliphatic rings. The van der Waals surface area contributed by atoms with Crippen molar-refractivity contribution in [3.05, 3.63) is 62.7 Å². The Morgan fingerprint density at radius 3 is 2.58 bits per heavy atom. The van der Waals surface area contributed by atoms with Gasteiger partial charge < -0.3 is 5.11 Å². The highest BCUT2D eigenvalue weighted by molar-refractivity contribution is 6.30. The molecular formula is C14H9ClF3N3O3. The SMILES string of the molecule is O=[N+]([O-])c1cc(C(F)(F)F)ccc1N/N=C\c1cc(Cl)ccc1O. The monoisotopic (exact) mass is 359 g/mol. The number of phenols is 1. The summed E-state index contributed by atoms with van der Waals surface area (Å²) < 4.78 is 37.8. The van der Waals surface area contributed by atoms with Crippen LogP contribution < -0.4 is 5.43 Å². The number of rotatable bonds is 4. The minimum Gasteiger partial charge on any atom is -0.507 e. The summed E-state index contributed by atoms with van der Waals surface area (Å²) >= 11 is 5.75. The van der Waals surface area contributed by atoms with Crippen LogP contribution >= 0.6 is 11.6 Å². The van der Waals surface area contributed by atoms with Crippen LogP contribution in [0.4, 0.5) is 24.5 Å². The quantitative estimate of drug-likeness (QED) is 0.480. The highest BCUT2D eigenvalue weighted by Crippen LogP contribution is 2.35. The molecular weight excluding hydrogens is 351 g/mol. The molecule has 0 atom stereocenters. The topological polar surface area (TPSA) is 87.8 Å². The van der Waals surface area contributed by atoms with Crippen LogP contribution in [0, 0.1) is 10.1 Å². The van der Waals surface area contributed by atoms with Crippen molar-refractivity contribution in [3.63, 3.8) is 0 Å². The molecule has 0 aromatic heterocycles. The van der Waals surface area contributed by atoms with E-state index in [1.165, 1.54) is 18.2 Å². The van der Waals surface area contributed by atoms with Gasteiger partial charge in [0, 0.05) is 16.7 Å². The number of hydrogen-bond acceptors (Lipinski definition) is 5. The van der Waals surface area contributed by atoms with E-state index >= 15 is 0 Å². The largest absolute Gasteiger partial charge is 0.507 e. The molecule has 0 aliphatic heterocycles. The van der Waals surface area contributed by atoms with E-state index in [4.69, 9.17) is 11.6 Å². The summed E-state index contributed by atoms with van der Waals surface area (Å²) in [6, 6.07) is 6.17. The van der Waals surface area contributed by atoms with E-state index in [0.29, 0.717) is 17.2 Å². The molecule has 0 bridgehead atoms. The van der Waals surface area contributed by atoms with Crippen LogP contribution in [0.25, 0.3) is 0 Å². The number of nitrogens with one attached hydrogen (secondary N) is 1. The van der Waals surface area contributed by atoms with Crippen molar-refractivity contribution in [2.45, 2.75) is 6.18 Å². The Balaban J connectivity index is 2.28. The molecule has 0 spiro atoms. The van der Waals surface area contributed by atoms with Crippen LogP contribution in [0.2, 0.25) is 5.02 Å². The molecule has 0 saturated heterocycles. The number of nitrogens with zero attached hydrogens (tertiary/aromatic N) is 2. The highest BCUT2D eigenvalue weighted by Gasteiger charge is 2.33. The standard InChI is InChI=1S/C14H9ClF3N3O3/c15-10-2-4-13(22)8(5-10)7-19-20-11-3-1-9(14(16,17)18)6-12(11)21(23)24/h1-7,20,22H/b19-7-. The molecule has 0 unspecified atom stereocenters. The number of benzene rings is 2. The molecule has 126 valence electrons. The molecule has 0 radical (unpaired) electrons. The Morgan fingerprint density at radius 2 is 1.96 bits per heavy atom. The second kappa shape index (κ2) is 6.75. The number of anilines is 1. The lowest BCUT2D eigenvalue weighted by atomic mass is 10.1. The maximum Gasteiger partial charge on any atom is 0.416 e. The van der Waals surface area contributed by atoms with E-state index in [1.54, 1.807) is 0 Å². The molecule has 24 heavy (non-hydrogen) atoms. The maximum absolute atomic E-state index is 12.6. The van der Waals surface area contributed by atoms with Gasteiger partial charge in [-0.05, 0) is 30.3 Å². The van der Waals surface area contributed by atoms with Crippen LogP contribution in [0.1, 0.15) is 11.1 Å². The molecule has 0 fully saturated rings. The van der Waals surface area contributed by atoms with E-state index in [9.17, 15) is 28.4 Å². The van der Waals surface area contributed by atoms with Crippen LogP contribution in [-0.4, -0.2) is 16.2 Å². The van der Waals surface area contributed by atoms with Crippen molar-refractivity contribution in [2.24, 2.45) is 5.10 Å². The first-order valence-electron chi connectivity index (χ1n) is 6.31. The first-order valence-corrected chi connectivity index (χ1v) is 6.69. The molecule has 0 saturated carbocycles. The van der Waals surface area contributed by atoms with Gasteiger partial charge in [0.1, 0.15) is 11.4 Å². The number of halogens is 4. The predicted molar refractivity (Wildman–Crippen MR) is 82.4 cm³/mol. The zero-order valence-electron chi connectivity index (χ0n) is 11.7. The van der Waals surface area contributed by atoms with Gasteiger partial charge in [-0.3, -0.25) is 15.5 Å².